The topological polar surface area (TPSA) is 191 Å². The number of aliphatic hydroxyl groups excluding tert-OH is 2. The maximum absolute atomic E-state index is 14.3. The van der Waals surface area contributed by atoms with E-state index in [4.69, 9.17) is 10.5 Å². The summed E-state index contributed by atoms with van der Waals surface area (Å²) in [7, 11) is 5.77. The van der Waals surface area contributed by atoms with Gasteiger partial charge in [-0.3, -0.25) is 19.3 Å². The number of ketones is 2. The number of rotatable bonds is 3. The van der Waals surface area contributed by atoms with Crippen LogP contribution >= 0.6 is 0 Å². The molecule has 222 valence electrons. The predicted octanol–water partition coefficient (Wildman–Crippen LogP) is 1.50. The number of fused-ring (bicyclic) bond motifs is 3. The third-order valence-electron chi connectivity index (χ3n) is 8.51. The lowest BCUT2D eigenvalue weighted by molar-refractivity contribution is -0.170. The quantitative estimate of drug-likeness (QED) is 0.332. The Balaban J connectivity index is 2.13. The Hall–Kier alpha value is -3.90. The van der Waals surface area contributed by atoms with Crippen molar-refractivity contribution in [3.8, 4) is 5.75 Å². The van der Waals surface area contributed by atoms with Gasteiger partial charge in [0.2, 0.25) is 5.78 Å². The van der Waals surface area contributed by atoms with Crippen LogP contribution in [0.1, 0.15) is 50.3 Å². The van der Waals surface area contributed by atoms with Crippen LogP contribution in [0.3, 0.4) is 0 Å². The minimum absolute atomic E-state index is 0.0288. The summed E-state index contributed by atoms with van der Waals surface area (Å²) >= 11 is 0. The number of primary amides is 1. The van der Waals surface area contributed by atoms with Crippen LogP contribution in [0.2, 0.25) is 0 Å². The van der Waals surface area contributed by atoms with Gasteiger partial charge in [0.05, 0.1) is 17.5 Å². The molecule has 1 aromatic rings. The van der Waals surface area contributed by atoms with Gasteiger partial charge in [0.25, 0.3) is 5.91 Å². The van der Waals surface area contributed by atoms with Crippen LogP contribution in [-0.4, -0.2) is 99.7 Å². The molecule has 3 aliphatic carbocycles. The molecule has 0 saturated heterocycles. The van der Waals surface area contributed by atoms with Gasteiger partial charge in [0, 0.05) is 31.1 Å². The maximum Gasteiger partial charge on any atom is 0.409 e. The van der Waals surface area contributed by atoms with E-state index in [0.717, 1.165) is 4.90 Å². The lowest BCUT2D eigenvalue weighted by Crippen LogP contribution is -2.71. The number of nitrogens with two attached hydrogens (primary N) is 1. The molecule has 12 nitrogen and oxygen atoms in total. The first kappa shape index (κ1) is 30.1. The molecular weight excluding hydrogens is 534 g/mol. The standard InChI is InChI=1S/C29H37N3O9/c1-11-12-9-10-13(28(2,3)4)20(33)15(12)21(34)16-14(11)23(41-27(39)32(7)8)18-19(31(5)6)22(35)17(26(30)38)25(37)29(18,40)24(16)36/h9-11,14,18-19,23,33-34,37,40H,1-8H3,(H2,30,38)/t11-,14?,18?,19-,23?,29-/m0/s1. The number of carbonyl (C=O) groups is 4. The number of aromatic hydroxyl groups is 1. The molecule has 0 spiro atoms. The van der Waals surface area contributed by atoms with Crippen molar-refractivity contribution in [3.63, 3.8) is 0 Å². The number of Topliss-reactive ketones (excluding diaryl/α,β-unsaturated/α-hetero) is 2. The van der Waals surface area contributed by atoms with E-state index in [9.17, 15) is 39.6 Å². The van der Waals surface area contributed by atoms with E-state index in [2.05, 4.69) is 0 Å². The number of hydrogen-bond acceptors (Lipinski definition) is 10. The fraction of sp³-hybridized carbons (Fsp3) is 0.517. The molecule has 3 unspecified atom stereocenters. The minimum Gasteiger partial charge on any atom is -0.508 e. The zero-order chi connectivity index (χ0) is 31.1. The van der Waals surface area contributed by atoms with Gasteiger partial charge in [-0.25, -0.2) is 4.79 Å². The fourth-order valence-corrected chi connectivity index (χ4v) is 6.56. The van der Waals surface area contributed by atoms with Crippen molar-refractivity contribution >= 4 is 29.3 Å². The van der Waals surface area contributed by atoms with Gasteiger partial charge in [0.15, 0.2) is 11.4 Å². The highest BCUT2D eigenvalue weighted by Crippen LogP contribution is 2.57. The van der Waals surface area contributed by atoms with E-state index >= 15 is 0 Å². The number of phenolic OH excluding ortho intramolecular Hbond substituents is 1. The summed E-state index contributed by atoms with van der Waals surface area (Å²) in [6.45, 7) is 7.29. The highest BCUT2D eigenvalue weighted by molar-refractivity contribution is 6.24. The zero-order valence-corrected chi connectivity index (χ0v) is 24.3. The van der Waals surface area contributed by atoms with E-state index in [1.165, 1.54) is 33.1 Å². The molecule has 41 heavy (non-hydrogen) atoms. The lowest BCUT2D eigenvalue weighted by Gasteiger charge is -2.54. The number of amides is 2. The van der Waals surface area contributed by atoms with Crippen LogP contribution in [0.15, 0.2) is 29.0 Å². The summed E-state index contributed by atoms with van der Waals surface area (Å²) < 4.78 is 5.86. The van der Waals surface area contributed by atoms with Crippen LogP contribution < -0.4 is 5.73 Å². The van der Waals surface area contributed by atoms with Gasteiger partial charge in [0.1, 0.15) is 28.9 Å². The Morgan fingerprint density at radius 2 is 1.63 bits per heavy atom. The van der Waals surface area contributed by atoms with Gasteiger partial charge in [-0.2, -0.15) is 0 Å². The van der Waals surface area contributed by atoms with Crippen molar-refractivity contribution in [1.82, 2.24) is 9.80 Å². The minimum atomic E-state index is -2.99. The van der Waals surface area contributed by atoms with Gasteiger partial charge < -0.3 is 35.8 Å². The number of phenols is 1. The molecule has 6 N–H and O–H groups in total. The third kappa shape index (κ3) is 4.11. The smallest absolute Gasteiger partial charge is 0.409 e. The van der Waals surface area contributed by atoms with E-state index in [1.807, 2.05) is 20.8 Å². The summed E-state index contributed by atoms with van der Waals surface area (Å²) in [5, 5.41) is 46.2. The highest BCUT2D eigenvalue weighted by Gasteiger charge is 2.69. The second-order valence-electron chi connectivity index (χ2n) is 12.5. The van der Waals surface area contributed by atoms with Gasteiger partial charge in [-0.05, 0) is 31.0 Å². The largest absolute Gasteiger partial charge is 0.508 e. The molecule has 0 heterocycles. The highest BCUT2D eigenvalue weighted by atomic mass is 16.6. The van der Waals surface area contributed by atoms with E-state index in [-0.39, 0.29) is 11.3 Å². The van der Waals surface area contributed by atoms with E-state index in [1.54, 1.807) is 19.1 Å². The molecule has 0 aromatic heterocycles. The summed E-state index contributed by atoms with van der Waals surface area (Å²) in [5.41, 5.74) is 1.40. The number of carbonyl (C=O) groups excluding carboxylic acids is 4. The van der Waals surface area contributed by atoms with Gasteiger partial charge in [-0.15, -0.1) is 0 Å². The number of hydrogen-bond donors (Lipinski definition) is 5. The number of aliphatic hydroxyl groups is 3. The third-order valence-corrected chi connectivity index (χ3v) is 8.51. The molecule has 1 saturated carbocycles. The molecule has 6 atom stereocenters. The number of ether oxygens (including phenoxy) is 1. The lowest BCUT2D eigenvalue weighted by atomic mass is 9.54. The molecule has 12 heteroatoms. The second-order valence-corrected chi connectivity index (χ2v) is 12.5. The average Bonchev–Trinajstić information content (AvgIpc) is 2.84. The Kier molecular flexibility index (Phi) is 7.03. The summed E-state index contributed by atoms with van der Waals surface area (Å²) in [5.74, 6) is -9.13. The Bertz CT molecular complexity index is 1440. The number of nitrogens with zero attached hydrogens (tertiary/aromatic N) is 2. The molecule has 0 bridgehead atoms. The molecule has 0 aliphatic heterocycles. The molecule has 1 aromatic carbocycles. The Morgan fingerprint density at radius 1 is 1.05 bits per heavy atom. The first-order valence-corrected chi connectivity index (χ1v) is 13.2. The predicted molar refractivity (Wildman–Crippen MR) is 147 cm³/mol. The monoisotopic (exact) mass is 571 g/mol. The molecular formula is C29H37N3O9. The van der Waals surface area contributed by atoms with Crippen molar-refractivity contribution < 1.29 is 44.3 Å². The fourth-order valence-electron chi connectivity index (χ4n) is 6.56. The molecule has 1 fully saturated rings. The van der Waals surface area contributed by atoms with Crippen LogP contribution in [0.4, 0.5) is 4.79 Å². The van der Waals surface area contributed by atoms with Crippen molar-refractivity contribution in [2.24, 2.45) is 17.6 Å². The van der Waals surface area contributed by atoms with Crippen molar-refractivity contribution in [2.45, 2.75) is 56.8 Å². The zero-order valence-electron chi connectivity index (χ0n) is 24.3. The normalized spacial score (nSPS) is 29.7. The molecule has 2 amide bonds. The maximum atomic E-state index is 14.3. The Morgan fingerprint density at radius 3 is 2.12 bits per heavy atom. The first-order chi connectivity index (χ1) is 18.8. The van der Waals surface area contributed by atoms with Crippen LogP contribution in [-0.2, 0) is 24.5 Å². The summed E-state index contributed by atoms with van der Waals surface area (Å²) in [6, 6.07) is 1.99. The van der Waals surface area contributed by atoms with Gasteiger partial charge in [-0.1, -0.05) is 39.8 Å². The van der Waals surface area contributed by atoms with Crippen molar-refractivity contribution in [1.29, 1.82) is 0 Å². The van der Waals surface area contributed by atoms with Crippen LogP contribution in [0, 0.1) is 11.8 Å². The van der Waals surface area contributed by atoms with E-state index in [0.29, 0.717) is 11.1 Å². The SMILES string of the molecule is C[C@H]1c2ccc(C(C)(C)C)c(O)c2C(O)=C2C(=O)[C@]3(O)C(O)=C(C(N)=O)C(=O)[C@@H](N(C)C)C3C(OC(=O)N(C)C)C21. The molecule has 3 aliphatic rings. The van der Waals surface area contributed by atoms with Crippen molar-refractivity contribution in [3.05, 3.63) is 45.7 Å². The van der Waals surface area contributed by atoms with Gasteiger partial charge >= 0.3 is 6.09 Å². The van der Waals surface area contributed by atoms with Crippen molar-refractivity contribution in [2.75, 3.05) is 28.2 Å². The number of benzene rings is 1. The van der Waals surface area contributed by atoms with E-state index < -0.39 is 87.1 Å². The molecule has 4 rings (SSSR count). The number of likely N-dealkylation sites (N-methyl/N-ethyl adjacent to an activating group) is 1. The summed E-state index contributed by atoms with van der Waals surface area (Å²) in [4.78, 5) is 55.6. The Labute approximate surface area is 237 Å². The summed E-state index contributed by atoms with van der Waals surface area (Å²) in [6.07, 6.45) is -2.34. The molecule has 0 radical (unpaired) electrons. The average molecular weight is 572 g/mol. The second kappa shape index (κ2) is 9.59. The van der Waals surface area contributed by atoms with Crippen LogP contribution in [0.25, 0.3) is 5.76 Å². The first-order valence-electron chi connectivity index (χ1n) is 13.2. The van der Waals surface area contributed by atoms with Crippen LogP contribution in [0.5, 0.6) is 5.75 Å².